The summed E-state index contributed by atoms with van der Waals surface area (Å²) in [6, 6.07) is 2.60. The third-order valence-electron chi connectivity index (χ3n) is 2.75. The molecule has 0 amide bonds. The van der Waals surface area contributed by atoms with Crippen molar-refractivity contribution in [3.8, 4) is 0 Å². The van der Waals surface area contributed by atoms with Crippen LogP contribution >= 0.6 is 11.3 Å². The van der Waals surface area contributed by atoms with Gasteiger partial charge in [0.1, 0.15) is 0 Å². The number of thiophene rings is 1. The molecule has 4 nitrogen and oxygen atoms in total. The maximum atomic E-state index is 4.42. The van der Waals surface area contributed by atoms with E-state index in [1.807, 2.05) is 19.4 Å². The van der Waals surface area contributed by atoms with Crippen LogP contribution in [0.2, 0.25) is 0 Å². The van der Waals surface area contributed by atoms with Crippen LogP contribution in [0.1, 0.15) is 25.0 Å². The van der Waals surface area contributed by atoms with E-state index >= 15 is 0 Å². The smallest absolute Gasteiger partial charge is 0.225 e. The fourth-order valence-corrected chi connectivity index (χ4v) is 2.35. The maximum absolute atomic E-state index is 4.42. The molecule has 0 unspecified atom stereocenters. The fraction of sp³-hybridized carbons (Fsp3) is 0.429. The quantitative estimate of drug-likeness (QED) is 0.880. The first kappa shape index (κ1) is 14.0. The minimum Gasteiger partial charge on any atom is -0.340 e. The van der Waals surface area contributed by atoms with Crippen molar-refractivity contribution in [3.05, 3.63) is 40.3 Å². The molecule has 0 saturated carbocycles. The van der Waals surface area contributed by atoms with Crippen LogP contribution in [0, 0.1) is 0 Å². The third kappa shape index (κ3) is 4.29. The van der Waals surface area contributed by atoms with Gasteiger partial charge in [-0.05, 0) is 22.4 Å². The Hall–Kier alpha value is -1.46. The average molecular weight is 276 g/mol. The standard InChI is InChI=1S/C14H20N4S/c1-11(2)15-6-13-7-16-14(17-8-13)18(3)9-12-4-5-19-10-12/h4-5,7-8,10-11,15H,6,9H2,1-3H3. The monoisotopic (exact) mass is 276 g/mol. The lowest BCUT2D eigenvalue weighted by atomic mass is 10.3. The van der Waals surface area contributed by atoms with Crippen LogP contribution in [-0.4, -0.2) is 23.1 Å². The van der Waals surface area contributed by atoms with Crippen molar-refractivity contribution in [2.75, 3.05) is 11.9 Å². The summed E-state index contributed by atoms with van der Waals surface area (Å²) < 4.78 is 0. The van der Waals surface area contributed by atoms with Crippen LogP contribution in [0.3, 0.4) is 0 Å². The highest BCUT2D eigenvalue weighted by molar-refractivity contribution is 7.07. The van der Waals surface area contributed by atoms with Gasteiger partial charge in [-0.1, -0.05) is 13.8 Å². The summed E-state index contributed by atoms with van der Waals surface area (Å²) >= 11 is 1.71. The Labute approximate surface area is 118 Å². The normalized spacial score (nSPS) is 10.9. The number of nitrogens with one attached hydrogen (secondary N) is 1. The van der Waals surface area contributed by atoms with Crippen LogP contribution in [0.15, 0.2) is 29.2 Å². The number of anilines is 1. The van der Waals surface area contributed by atoms with Gasteiger partial charge in [-0.25, -0.2) is 9.97 Å². The zero-order valence-electron chi connectivity index (χ0n) is 11.6. The Morgan fingerprint density at radius 2 is 2.00 bits per heavy atom. The van der Waals surface area contributed by atoms with Gasteiger partial charge in [0.15, 0.2) is 0 Å². The molecule has 0 aromatic carbocycles. The third-order valence-corrected chi connectivity index (χ3v) is 3.48. The van der Waals surface area contributed by atoms with Crippen molar-refractivity contribution < 1.29 is 0 Å². The molecule has 0 aliphatic carbocycles. The van der Waals surface area contributed by atoms with Gasteiger partial charge in [-0.2, -0.15) is 11.3 Å². The summed E-state index contributed by atoms with van der Waals surface area (Å²) in [6.45, 7) is 5.91. The first-order chi connectivity index (χ1) is 9.15. The Kier molecular flexibility index (Phi) is 4.87. The van der Waals surface area contributed by atoms with Gasteiger partial charge in [-0.3, -0.25) is 0 Å². The van der Waals surface area contributed by atoms with Gasteiger partial charge in [-0.15, -0.1) is 0 Å². The molecule has 19 heavy (non-hydrogen) atoms. The highest BCUT2D eigenvalue weighted by Crippen LogP contribution is 2.12. The Morgan fingerprint density at radius 1 is 1.26 bits per heavy atom. The number of rotatable bonds is 6. The zero-order valence-corrected chi connectivity index (χ0v) is 12.4. The van der Waals surface area contributed by atoms with Crippen LogP contribution in [0.5, 0.6) is 0 Å². The fourth-order valence-electron chi connectivity index (χ4n) is 1.69. The second-order valence-corrected chi connectivity index (χ2v) is 5.69. The van der Waals surface area contributed by atoms with Gasteiger partial charge in [0.25, 0.3) is 0 Å². The zero-order chi connectivity index (χ0) is 13.7. The molecule has 2 heterocycles. The van der Waals surface area contributed by atoms with E-state index in [1.165, 1.54) is 5.56 Å². The maximum Gasteiger partial charge on any atom is 0.225 e. The molecular formula is C14H20N4S. The largest absolute Gasteiger partial charge is 0.340 e. The molecule has 0 radical (unpaired) electrons. The molecule has 2 rings (SSSR count). The molecule has 0 saturated heterocycles. The molecule has 0 aliphatic heterocycles. The molecule has 2 aromatic heterocycles. The Bertz CT molecular complexity index is 479. The topological polar surface area (TPSA) is 41.1 Å². The van der Waals surface area contributed by atoms with E-state index in [1.54, 1.807) is 11.3 Å². The average Bonchev–Trinajstić information content (AvgIpc) is 2.89. The summed E-state index contributed by atoms with van der Waals surface area (Å²) in [4.78, 5) is 10.9. The van der Waals surface area contributed by atoms with E-state index in [9.17, 15) is 0 Å². The van der Waals surface area contributed by atoms with Gasteiger partial charge >= 0.3 is 0 Å². The highest BCUT2D eigenvalue weighted by atomic mass is 32.1. The lowest BCUT2D eigenvalue weighted by molar-refractivity contribution is 0.586. The van der Waals surface area contributed by atoms with E-state index in [0.29, 0.717) is 6.04 Å². The molecule has 1 N–H and O–H groups in total. The second-order valence-electron chi connectivity index (χ2n) is 4.91. The predicted octanol–water partition coefficient (Wildman–Crippen LogP) is 2.67. The van der Waals surface area contributed by atoms with E-state index in [2.05, 4.69) is 50.9 Å². The van der Waals surface area contributed by atoms with Gasteiger partial charge < -0.3 is 10.2 Å². The summed E-state index contributed by atoms with van der Waals surface area (Å²) in [5, 5.41) is 7.59. The predicted molar refractivity (Wildman–Crippen MR) is 80.4 cm³/mol. The van der Waals surface area contributed by atoms with Crippen LogP contribution in [-0.2, 0) is 13.1 Å². The molecule has 0 aliphatic rings. The number of nitrogens with zero attached hydrogens (tertiary/aromatic N) is 3. The van der Waals surface area contributed by atoms with Crippen LogP contribution < -0.4 is 10.2 Å². The van der Waals surface area contributed by atoms with E-state index in [-0.39, 0.29) is 0 Å². The number of hydrogen-bond donors (Lipinski definition) is 1. The van der Waals surface area contributed by atoms with E-state index < -0.39 is 0 Å². The van der Waals surface area contributed by atoms with E-state index in [4.69, 9.17) is 0 Å². The molecular weight excluding hydrogens is 256 g/mol. The summed E-state index contributed by atoms with van der Waals surface area (Å²) in [5.74, 6) is 0.763. The summed E-state index contributed by atoms with van der Waals surface area (Å²) in [5.41, 5.74) is 2.41. The van der Waals surface area contributed by atoms with Crippen LogP contribution in [0.4, 0.5) is 5.95 Å². The SMILES string of the molecule is CC(C)NCc1cnc(N(C)Cc2ccsc2)nc1. The number of aromatic nitrogens is 2. The molecule has 102 valence electrons. The summed E-state index contributed by atoms with van der Waals surface area (Å²) in [7, 11) is 2.01. The van der Waals surface area contributed by atoms with Gasteiger partial charge in [0.05, 0.1) is 0 Å². The van der Waals surface area contributed by atoms with Gasteiger partial charge in [0, 0.05) is 44.1 Å². The molecule has 5 heteroatoms. The molecule has 0 spiro atoms. The first-order valence-electron chi connectivity index (χ1n) is 6.41. The highest BCUT2D eigenvalue weighted by Gasteiger charge is 2.05. The lowest BCUT2D eigenvalue weighted by Crippen LogP contribution is -2.22. The lowest BCUT2D eigenvalue weighted by Gasteiger charge is -2.16. The van der Waals surface area contributed by atoms with Gasteiger partial charge in [0.2, 0.25) is 5.95 Å². The first-order valence-corrected chi connectivity index (χ1v) is 7.36. The van der Waals surface area contributed by atoms with Crippen LogP contribution in [0.25, 0.3) is 0 Å². The molecule has 0 atom stereocenters. The summed E-state index contributed by atoms with van der Waals surface area (Å²) in [6.07, 6.45) is 3.78. The second kappa shape index (κ2) is 6.63. The van der Waals surface area contributed by atoms with Crippen molar-refractivity contribution in [2.45, 2.75) is 33.0 Å². The molecule has 0 bridgehead atoms. The van der Waals surface area contributed by atoms with Crippen molar-refractivity contribution in [1.82, 2.24) is 15.3 Å². The minimum atomic E-state index is 0.473. The Morgan fingerprint density at radius 3 is 2.58 bits per heavy atom. The van der Waals surface area contributed by atoms with Crippen molar-refractivity contribution >= 4 is 17.3 Å². The molecule has 2 aromatic rings. The van der Waals surface area contributed by atoms with Crippen molar-refractivity contribution in [2.24, 2.45) is 0 Å². The van der Waals surface area contributed by atoms with Crippen molar-refractivity contribution in [1.29, 1.82) is 0 Å². The van der Waals surface area contributed by atoms with Crippen molar-refractivity contribution in [3.63, 3.8) is 0 Å². The number of hydrogen-bond acceptors (Lipinski definition) is 5. The van der Waals surface area contributed by atoms with E-state index in [0.717, 1.165) is 24.6 Å². The minimum absolute atomic E-state index is 0.473. The molecule has 0 fully saturated rings. The Balaban J connectivity index is 1.93.